The van der Waals surface area contributed by atoms with Gasteiger partial charge in [0.2, 0.25) is 0 Å². The lowest BCUT2D eigenvalue weighted by atomic mass is 9.76. The maximum atomic E-state index is 11.5. The topological polar surface area (TPSA) is 58.4 Å². The van der Waals surface area contributed by atoms with Crippen LogP contribution in [0.2, 0.25) is 0 Å². The molecule has 1 N–H and O–H groups in total. The first kappa shape index (κ1) is 13.6. The molecule has 110 valence electrons. The largest absolute Gasteiger partial charge is 0.480 e. The average Bonchev–Trinajstić information content (AvgIpc) is 2.97. The Hall–Kier alpha value is -1.36. The highest BCUT2D eigenvalue weighted by atomic mass is 16.4. The van der Waals surface area contributed by atoms with Crippen molar-refractivity contribution in [3.8, 4) is 0 Å². The Bertz CT molecular complexity index is 446. The molecule has 1 saturated carbocycles. The molecule has 5 nitrogen and oxygen atoms in total. The minimum absolute atomic E-state index is 0.294. The van der Waals surface area contributed by atoms with Crippen molar-refractivity contribution in [1.29, 1.82) is 0 Å². The zero-order valence-corrected chi connectivity index (χ0v) is 11.8. The first-order valence-electron chi connectivity index (χ1n) is 7.70. The van der Waals surface area contributed by atoms with E-state index in [1.807, 2.05) is 10.8 Å². The van der Waals surface area contributed by atoms with E-state index >= 15 is 0 Å². The smallest absolute Gasteiger partial charge is 0.320 e. The summed E-state index contributed by atoms with van der Waals surface area (Å²) < 4.78 is 2.03. The zero-order chi connectivity index (χ0) is 13.9. The lowest BCUT2D eigenvalue weighted by molar-refractivity contribution is -0.148. The minimum atomic E-state index is -0.653. The molecule has 0 bridgehead atoms. The van der Waals surface area contributed by atoms with Gasteiger partial charge in [0.1, 0.15) is 6.04 Å². The highest BCUT2D eigenvalue weighted by Gasteiger charge is 2.40. The first-order valence-corrected chi connectivity index (χ1v) is 7.70. The summed E-state index contributed by atoms with van der Waals surface area (Å²) in [6, 6.07) is 0.181. The molecular weight excluding hydrogens is 254 g/mol. The Balaban J connectivity index is 1.71. The van der Waals surface area contributed by atoms with Gasteiger partial charge in [0.05, 0.1) is 6.33 Å². The van der Waals surface area contributed by atoms with E-state index in [0.29, 0.717) is 12.0 Å². The van der Waals surface area contributed by atoms with Crippen LogP contribution in [-0.2, 0) is 11.3 Å². The Morgan fingerprint density at radius 3 is 2.80 bits per heavy atom. The summed E-state index contributed by atoms with van der Waals surface area (Å²) in [6.45, 7) is 1.64. The molecule has 1 aromatic rings. The van der Waals surface area contributed by atoms with Crippen LogP contribution in [-0.4, -0.2) is 44.2 Å². The molecule has 0 aromatic carbocycles. The van der Waals surface area contributed by atoms with E-state index in [4.69, 9.17) is 0 Å². The molecule has 2 heterocycles. The first-order chi connectivity index (χ1) is 9.75. The fourth-order valence-corrected chi connectivity index (χ4v) is 3.97. The molecule has 1 aliphatic carbocycles. The highest BCUT2D eigenvalue weighted by Crippen LogP contribution is 2.37. The van der Waals surface area contributed by atoms with Gasteiger partial charge in [0.25, 0.3) is 0 Å². The van der Waals surface area contributed by atoms with Crippen molar-refractivity contribution in [2.75, 3.05) is 6.54 Å². The third kappa shape index (κ3) is 2.73. The predicted molar refractivity (Wildman–Crippen MR) is 75.3 cm³/mol. The molecule has 5 heteroatoms. The van der Waals surface area contributed by atoms with Gasteiger partial charge in [0, 0.05) is 31.5 Å². The van der Waals surface area contributed by atoms with Gasteiger partial charge in [-0.1, -0.05) is 12.8 Å². The fraction of sp³-hybridized carbons (Fsp3) is 0.733. The number of fused-ring (bicyclic) bond motifs is 1. The monoisotopic (exact) mass is 277 g/mol. The van der Waals surface area contributed by atoms with Crippen LogP contribution in [0.1, 0.15) is 38.5 Å². The minimum Gasteiger partial charge on any atom is -0.480 e. The van der Waals surface area contributed by atoms with Crippen molar-refractivity contribution in [1.82, 2.24) is 14.5 Å². The lowest BCUT2D eigenvalue weighted by Crippen LogP contribution is -2.55. The van der Waals surface area contributed by atoms with Crippen molar-refractivity contribution in [2.24, 2.45) is 5.92 Å². The van der Waals surface area contributed by atoms with E-state index in [1.54, 1.807) is 12.5 Å². The number of carboxylic acid groups (broad SMARTS) is 1. The zero-order valence-electron chi connectivity index (χ0n) is 11.8. The Morgan fingerprint density at radius 1 is 1.20 bits per heavy atom. The fourth-order valence-electron chi connectivity index (χ4n) is 3.97. The number of hydrogen-bond donors (Lipinski definition) is 1. The van der Waals surface area contributed by atoms with Gasteiger partial charge >= 0.3 is 5.97 Å². The van der Waals surface area contributed by atoms with Gasteiger partial charge in [-0.05, 0) is 31.6 Å². The molecule has 2 fully saturated rings. The molecular formula is C15H23N3O2. The number of nitrogens with zero attached hydrogens (tertiary/aromatic N) is 3. The van der Waals surface area contributed by atoms with E-state index in [2.05, 4.69) is 9.88 Å². The van der Waals surface area contributed by atoms with Crippen LogP contribution >= 0.6 is 0 Å². The van der Waals surface area contributed by atoms with Gasteiger partial charge in [-0.2, -0.15) is 0 Å². The van der Waals surface area contributed by atoms with Crippen LogP contribution in [0.5, 0.6) is 0 Å². The molecule has 1 aromatic heterocycles. The van der Waals surface area contributed by atoms with Gasteiger partial charge in [-0.15, -0.1) is 0 Å². The number of carbonyl (C=O) groups is 1. The molecule has 2 aliphatic rings. The number of hydrogen-bond acceptors (Lipinski definition) is 3. The van der Waals surface area contributed by atoms with Gasteiger partial charge in [-0.25, -0.2) is 4.98 Å². The third-order valence-corrected chi connectivity index (χ3v) is 4.97. The molecule has 3 unspecified atom stereocenters. The Labute approximate surface area is 119 Å². The summed E-state index contributed by atoms with van der Waals surface area (Å²) in [6.07, 6.45) is 12.4. The summed E-state index contributed by atoms with van der Waals surface area (Å²) in [7, 11) is 0. The summed E-state index contributed by atoms with van der Waals surface area (Å²) >= 11 is 0. The summed E-state index contributed by atoms with van der Waals surface area (Å²) in [5.41, 5.74) is 0. The van der Waals surface area contributed by atoms with E-state index in [9.17, 15) is 9.90 Å². The number of imidazole rings is 1. The number of aromatic nitrogens is 2. The number of piperidine rings is 1. The highest BCUT2D eigenvalue weighted by molar-refractivity contribution is 5.73. The second-order valence-electron chi connectivity index (χ2n) is 6.08. The van der Waals surface area contributed by atoms with E-state index in [0.717, 1.165) is 25.9 Å². The Kier molecular flexibility index (Phi) is 4.05. The van der Waals surface area contributed by atoms with Crippen molar-refractivity contribution < 1.29 is 9.90 Å². The second-order valence-corrected chi connectivity index (χ2v) is 6.08. The third-order valence-electron chi connectivity index (χ3n) is 4.97. The van der Waals surface area contributed by atoms with E-state index in [1.165, 1.54) is 25.7 Å². The maximum Gasteiger partial charge on any atom is 0.320 e. The van der Waals surface area contributed by atoms with Crippen LogP contribution in [0.25, 0.3) is 0 Å². The van der Waals surface area contributed by atoms with Crippen molar-refractivity contribution in [2.45, 2.75) is 57.2 Å². The van der Waals surface area contributed by atoms with Crippen LogP contribution in [0.15, 0.2) is 18.7 Å². The second kappa shape index (κ2) is 5.95. The van der Waals surface area contributed by atoms with Crippen molar-refractivity contribution in [3.05, 3.63) is 18.7 Å². The molecule has 3 rings (SSSR count). The molecule has 0 spiro atoms. The standard InChI is InChI=1S/C15H23N3O2/c19-15(20)14-6-5-12-3-1-2-4-13(12)18(14)10-9-17-8-7-16-11-17/h7-8,11-14H,1-6,9-10H2,(H,19,20). The average molecular weight is 277 g/mol. The van der Waals surface area contributed by atoms with Crippen LogP contribution in [0.3, 0.4) is 0 Å². The lowest BCUT2D eigenvalue weighted by Gasteiger charge is -2.47. The molecule has 1 aliphatic heterocycles. The quantitative estimate of drug-likeness (QED) is 0.914. The number of aliphatic carboxylic acids is 1. The van der Waals surface area contributed by atoms with E-state index < -0.39 is 5.97 Å². The molecule has 0 amide bonds. The van der Waals surface area contributed by atoms with Crippen LogP contribution in [0.4, 0.5) is 0 Å². The SMILES string of the molecule is O=C(O)C1CCC2CCCCC2N1CCn1ccnc1. The molecule has 1 saturated heterocycles. The van der Waals surface area contributed by atoms with Gasteiger partial charge < -0.3 is 9.67 Å². The summed E-state index contributed by atoms with van der Waals surface area (Å²) in [5.74, 6) is 0.0572. The summed E-state index contributed by atoms with van der Waals surface area (Å²) in [4.78, 5) is 17.8. The predicted octanol–water partition coefficient (Wildman–Crippen LogP) is 1.99. The molecule has 3 atom stereocenters. The Morgan fingerprint density at radius 2 is 2.05 bits per heavy atom. The van der Waals surface area contributed by atoms with Crippen LogP contribution < -0.4 is 0 Å². The van der Waals surface area contributed by atoms with E-state index in [-0.39, 0.29) is 6.04 Å². The number of rotatable bonds is 4. The molecule has 0 radical (unpaired) electrons. The van der Waals surface area contributed by atoms with Crippen molar-refractivity contribution >= 4 is 5.97 Å². The maximum absolute atomic E-state index is 11.5. The number of carboxylic acids is 1. The normalized spacial score (nSPS) is 30.9. The summed E-state index contributed by atoms with van der Waals surface area (Å²) in [5, 5.41) is 9.50. The van der Waals surface area contributed by atoms with Crippen molar-refractivity contribution in [3.63, 3.8) is 0 Å². The van der Waals surface area contributed by atoms with Gasteiger partial charge in [0.15, 0.2) is 0 Å². The number of likely N-dealkylation sites (tertiary alicyclic amines) is 1. The molecule has 20 heavy (non-hydrogen) atoms. The van der Waals surface area contributed by atoms with Crippen LogP contribution in [0, 0.1) is 5.92 Å². The van der Waals surface area contributed by atoms with Gasteiger partial charge in [-0.3, -0.25) is 9.69 Å².